The summed E-state index contributed by atoms with van der Waals surface area (Å²) >= 11 is 0. The van der Waals surface area contributed by atoms with Crippen molar-refractivity contribution >= 4 is 23.6 Å². The van der Waals surface area contributed by atoms with Gasteiger partial charge >= 0.3 is 0 Å². The van der Waals surface area contributed by atoms with Crippen LogP contribution in [0.3, 0.4) is 0 Å². The highest BCUT2D eigenvalue weighted by Crippen LogP contribution is 2.65. The molecule has 2 unspecified atom stereocenters. The fourth-order valence-electron chi connectivity index (χ4n) is 6.88. The third-order valence-corrected chi connectivity index (χ3v) is 9.18. The molecule has 39 heavy (non-hydrogen) atoms. The minimum Gasteiger partial charge on any atom is -0.365 e. The molecule has 4 amide bonds. The zero-order chi connectivity index (χ0) is 27.9. The van der Waals surface area contributed by atoms with E-state index < -0.39 is 40.8 Å². The highest BCUT2D eigenvalue weighted by molar-refractivity contribution is 6.09. The van der Waals surface area contributed by atoms with Crippen LogP contribution in [0.4, 0.5) is 0 Å². The molecule has 9 atom stereocenters. The van der Waals surface area contributed by atoms with E-state index in [1.165, 1.54) is 0 Å². The first-order valence-electron chi connectivity index (χ1n) is 13.8. The van der Waals surface area contributed by atoms with E-state index in [4.69, 9.17) is 4.74 Å². The average Bonchev–Trinajstić information content (AvgIpc) is 3.52. The molecule has 3 aliphatic heterocycles. The minimum absolute atomic E-state index is 0.0936. The van der Waals surface area contributed by atoms with E-state index in [1.807, 2.05) is 54.6 Å². The van der Waals surface area contributed by atoms with E-state index in [-0.39, 0.29) is 35.8 Å². The van der Waals surface area contributed by atoms with E-state index in [9.17, 15) is 19.2 Å². The van der Waals surface area contributed by atoms with E-state index in [2.05, 4.69) is 35.1 Å². The quantitative estimate of drug-likeness (QED) is 0.259. The molecule has 4 aliphatic rings. The Hall–Kier alpha value is -3.46. The number of carbonyl (C=O) groups is 4. The number of benzene rings is 1. The molecule has 0 radical (unpaired) electrons. The summed E-state index contributed by atoms with van der Waals surface area (Å²) in [6.45, 7) is 7.63. The van der Waals surface area contributed by atoms with Crippen molar-refractivity contribution in [3.05, 3.63) is 60.2 Å². The van der Waals surface area contributed by atoms with Crippen LogP contribution >= 0.6 is 0 Å². The smallest absolute Gasteiger partial charge is 0.242 e. The highest BCUT2D eigenvalue weighted by atomic mass is 16.6. The lowest BCUT2D eigenvalue weighted by Gasteiger charge is -2.46. The number of hydrogen-bond acceptors (Lipinski definition) is 5. The summed E-state index contributed by atoms with van der Waals surface area (Å²) in [7, 11) is 0. The first kappa shape index (κ1) is 27.1. The summed E-state index contributed by atoms with van der Waals surface area (Å²) in [5.41, 5.74) is -0.833. The van der Waals surface area contributed by atoms with Crippen molar-refractivity contribution in [3.63, 3.8) is 0 Å². The van der Waals surface area contributed by atoms with Crippen LogP contribution < -0.4 is 21.3 Å². The Morgan fingerprint density at radius 2 is 1.56 bits per heavy atom. The Morgan fingerprint density at radius 1 is 0.872 bits per heavy atom. The highest BCUT2D eigenvalue weighted by Gasteiger charge is 2.78. The van der Waals surface area contributed by atoms with Crippen molar-refractivity contribution in [2.24, 2.45) is 23.2 Å². The van der Waals surface area contributed by atoms with Crippen LogP contribution in [0.2, 0.25) is 0 Å². The maximum Gasteiger partial charge on any atom is 0.242 e. The van der Waals surface area contributed by atoms with Crippen LogP contribution in [0, 0.1) is 23.2 Å². The van der Waals surface area contributed by atoms with E-state index in [0.29, 0.717) is 19.4 Å². The fourth-order valence-corrected chi connectivity index (χ4v) is 6.88. The number of allylic oxidation sites excluding steroid dienone is 2. The van der Waals surface area contributed by atoms with Gasteiger partial charge in [0.15, 0.2) is 0 Å². The van der Waals surface area contributed by atoms with Crippen LogP contribution in [-0.4, -0.2) is 60.0 Å². The molecule has 0 bridgehead atoms. The number of hydrogen-bond donors (Lipinski definition) is 4. The van der Waals surface area contributed by atoms with Crippen molar-refractivity contribution in [2.75, 3.05) is 6.54 Å². The molecule has 1 aromatic carbocycles. The molecule has 0 aromatic heterocycles. The van der Waals surface area contributed by atoms with Gasteiger partial charge in [0.25, 0.3) is 0 Å². The second kappa shape index (κ2) is 10.3. The predicted octanol–water partition coefficient (Wildman–Crippen LogP) is 1.40. The van der Waals surface area contributed by atoms with Crippen LogP contribution in [0.15, 0.2) is 54.6 Å². The molecule has 1 saturated carbocycles. The fraction of sp³-hybridized carbons (Fsp3) is 0.533. The van der Waals surface area contributed by atoms with Gasteiger partial charge in [0.1, 0.15) is 17.5 Å². The topological polar surface area (TPSA) is 129 Å². The zero-order valence-electron chi connectivity index (χ0n) is 22.9. The summed E-state index contributed by atoms with van der Waals surface area (Å²) in [6, 6.07) is 7.91. The standard InChI is InChI=1S/C30H38N4O5/c1-17-23-22(16-20-12-8-7-9-13-20)34-28(38)30(23)21(24-29(17,4)39-24)14-10-5-6-11-15-31-25(35)18(2)32-26(36)19(3)33-27(30)37/h6-14,17-19,21-24H,5,15-16H2,1-4H3,(H,31,35)(H,32,36)(H,33,37)(H,34,38)/b11-6-,14-10+/t17-,18+,19+,21?,22-,23?,24-,29+,30-/m0/s1. The monoisotopic (exact) mass is 534 g/mol. The third kappa shape index (κ3) is 4.56. The molecule has 9 nitrogen and oxygen atoms in total. The second-order valence-corrected chi connectivity index (χ2v) is 11.5. The van der Waals surface area contributed by atoms with Gasteiger partial charge in [-0.15, -0.1) is 0 Å². The number of amides is 4. The SMILES string of the molecule is C[C@H]1NC(=O)[C@@H](C)NC(=O)[C@@]23C(=O)N[C@@H](Cc4ccccc4)C2[C@H](C)[C@@]2(C)O[C@H]2C3/C=C/C/C=C\CNC1=O. The number of nitrogens with one attached hydrogen (secondary N) is 4. The largest absolute Gasteiger partial charge is 0.365 e. The van der Waals surface area contributed by atoms with Crippen molar-refractivity contribution in [1.82, 2.24) is 21.3 Å². The first-order chi connectivity index (χ1) is 18.6. The van der Waals surface area contributed by atoms with Crippen molar-refractivity contribution in [3.8, 4) is 0 Å². The van der Waals surface area contributed by atoms with Crippen LogP contribution in [0.1, 0.15) is 39.7 Å². The summed E-state index contributed by atoms with van der Waals surface area (Å²) < 4.78 is 6.30. The van der Waals surface area contributed by atoms with E-state index >= 15 is 0 Å². The lowest BCUT2D eigenvalue weighted by Crippen LogP contribution is -2.63. The van der Waals surface area contributed by atoms with Gasteiger partial charge in [0.2, 0.25) is 23.6 Å². The Balaban J connectivity index is 1.56. The zero-order valence-corrected chi connectivity index (χ0v) is 22.9. The van der Waals surface area contributed by atoms with Crippen LogP contribution in [0.25, 0.3) is 0 Å². The second-order valence-electron chi connectivity index (χ2n) is 11.5. The van der Waals surface area contributed by atoms with Gasteiger partial charge in [-0.2, -0.15) is 0 Å². The Morgan fingerprint density at radius 3 is 2.31 bits per heavy atom. The van der Waals surface area contributed by atoms with Gasteiger partial charge in [-0.3, -0.25) is 19.2 Å². The average molecular weight is 535 g/mol. The van der Waals surface area contributed by atoms with Crippen molar-refractivity contribution < 1.29 is 23.9 Å². The van der Waals surface area contributed by atoms with Crippen LogP contribution in [-0.2, 0) is 30.3 Å². The lowest BCUT2D eigenvalue weighted by atomic mass is 9.52. The van der Waals surface area contributed by atoms with Gasteiger partial charge in [0, 0.05) is 24.4 Å². The molecule has 1 aliphatic carbocycles. The normalized spacial score (nSPS) is 42.0. The van der Waals surface area contributed by atoms with Gasteiger partial charge < -0.3 is 26.0 Å². The number of carbonyl (C=O) groups excluding carboxylic acids is 4. The molecule has 3 heterocycles. The van der Waals surface area contributed by atoms with Gasteiger partial charge in [-0.25, -0.2) is 0 Å². The van der Waals surface area contributed by atoms with E-state index in [0.717, 1.165) is 5.56 Å². The number of epoxide rings is 1. The van der Waals surface area contributed by atoms with Crippen molar-refractivity contribution in [1.29, 1.82) is 0 Å². The molecule has 1 aromatic rings. The molecule has 2 saturated heterocycles. The molecular formula is C30H38N4O5. The maximum atomic E-state index is 14.3. The van der Waals surface area contributed by atoms with Gasteiger partial charge in [0.05, 0.1) is 11.7 Å². The van der Waals surface area contributed by atoms with Gasteiger partial charge in [-0.05, 0) is 45.1 Å². The van der Waals surface area contributed by atoms with E-state index in [1.54, 1.807) is 13.8 Å². The Kier molecular flexibility index (Phi) is 7.13. The number of rotatable bonds is 2. The maximum absolute atomic E-state index is 14.3. The number of fused-ring (bicyclic) bond motifs is 2. The summed E-state index contributed by atoms with van der Waals surface area (Å²) in [5, 5.41) is 11.5. The Labute approximate surface area is 229 Å². The Bertz CT molecular complexity index is 1210. The molecule has 5 rings (SSSR count). The molecular weight excluding hydrogens is 496 g/mol. The molecule has 9 heteroatoms. The summed E-state index contributed by atoms with van der Waals surface area (Å²) in [6.07, 6.45) is 8.53. The van der Waals surface area contributed by atoms with Crippen LogP contribution in [0.5, 0.6) is 0 Å². The number of ether oxygens (including phenoxy) is 1. The molecule has 208 valence electrons. The molecule has 3 fully saturated rings. The third-order valence-electron chi connectivity index (χ3n) is 9.18. The van der Waals surface area contributed by atoms with Crippen molar-refractivity contribution in [2.45, 2.75) is 70.4 Å². The first-order valence-corrected chi connectivity index (χ1v) is 13.8. The molecule has 4 N–H and O–H groups in total. The predicted molar refractivity (Wildman–Crippen MR) is 145 cm³/mol. The minimum atomic E-state index is -1.45. The molecule has 1 spiro atoms. The van der Waals surface area contributed by atoms with Gasteiger partial charge in [-0.1, -0.05) is 61.6 Å². The lowest BCUT2D eigenvalue weighted by molar-refractivity contribution is -0.151. The summed E-state index contributed by atoms with van der Waals surface area (Å²) in [4.78, 5) is 53.8. The summed E-state index contributed by atoms with van der Waals surface area (Å²) in [5.74, 6) is -2.59.